The lowest BCUT2D eigenvalue weighted by molar-refractivity contribution is 0.306. The summed E-state index contributed by atoms with van der Waals surface area (Å²) in [6, 6.07) is 57.0. The fourth-order valence-electron chi connectivity index (χ4n) is 8.27. The molecule has 0 amide bonds. The molecule has 0 aliphatic rings. The highest BCUT2D eigenvalue weighted by molar-refractivity contribution is 5.92. The van der Waals surface area contributed by atoms with Gasteiger partial charge in [-0.1, -0.05) is 109 Å². The number of benzene rings is 8. The molecule has 0 aliphatic carbocycles. The number of methoxy groups -OCH3 is 5. The number of fused-ring (bicyclic) bond motifs is 2. The van der Waals surface area contributed by atoms with Crippen molar-refractivity contribution in [1.29, 1.82) is 0 Å². The molecule has 6 nitrogen and oxygen atoms in total. The van der Waals surface area contributed by atoms with Crippen molar-refractivity contribution in [3.63, 3.8) is 0 Å². The van der Waals surface area contributed by atoms with Gasteiger partial charge in [0.05, 0.1) is 35.5 Å². The minimum absolute atomic E-state index is 0.0170. The van der Waals surface area contributed by atoms with Crippen molar-refractivity contribution in [3.05, 3.63) is 203 Å². The molecule has 0 aliphatic heterocycles. The van der Waals surface area contributed by atoms with Gasteiger partial charge in [0, 0.05) is 29.0 Å². The number of hydrogen-bond donors (Lipinski definition) is 0. The lowest BCUT2D eigenvalue weighted by atomic mass is 9.73. The monoisotopic (exact) mass is 780 g/mol. The van der Waals surface area contributed by atoms with Gasteiger partial charge in [0.1, 0.15) is 41.1 Å². The van der Waals surface area contributed by atoms with Crippen LogP contribution in [0.15, 0.2) is 164 Å². The van der Waals surface area contributed by atoms with Crippen molar-refractivity contribution in [2.75, 3.05) is 35.5 Å². The summed E-state index contributed by atoms with van der Waals surface area (Å²) in [5.74, 6) is 4.97. The molecule has 0 spiro atoms. The van der Waals surface area contributed by atoms with Crippen LogP contribution in [-0.4, -0.2) is 35.5 Å². The molecule has 8 aromatic carbocycles. The van der Waals surface area contributed by atoms with Crippen LogP contribution >= 0.6 is 0 Å². The van der Waals surface area contributed by atoms with Gasteiger partial charge in [-0.05, 0) is 104 Å². The average molecular weight is 781 g/mol. The summed E-state index contributed by atoms with van der Waals surface area (Å²) in [4.78, 5) is 0. The Morgan fingerprint density at radius 1 is 0.373 bits per heavy atom. The average Bonchev–Trinajstić information content (AvgIpc) is 3.30. The molecule has 0 N–H and O–H groups in total. The third-order valence-electron chi connectivity index (χ3n) is 11.3. The maximum atomic E-state index is 6.42. The number of ether oxygens (including phenoxy) is 6. The Balaban J connectivity index is 1.06. The molecule has 0 bridgehead atoms. The summed E-state index contributed by atoms with van der Waals surface area (Å²) in [5, 5.41) is 4.42. The normalized spacial score (nSPS) is 11.7. The van der Waals surface area contributed by atoms with Crippen molar-refractivity contribution in [2.24, 2.45) is 0 Å². The first-order valence-corrected chi connectivity index (χ1v) is 19.8. The maximum Gasteiger partial charge on any atom is 0.130 e. The first-order chi connectivity index (χ1) is 29.0. The Morgan fingerprint density at radius 3 is 1.25 bits per heavy atom. The summed E-state index contributed by atoms with van der Waals surface area (Å²) >= 11 is 0. The molecule has 59 heavy (non-hydrogen) atoms. The largest absolute Gasteiger partial charge is 0.497 e. The quantitative estimate of drug-likeness (QED) is 0.103. The third kappa shape index (κ3) is 8.26. The Labute approximate surface area is 346 Å². The number of rotatable bonds is 15. The highest BCUT2D eigenvalue weighted by atomic mass is 16.5. The minimum Gasteiger partial charge on any atom is -0.497 e. The van der Waals surface area contributed by atoms with E-state index in [1.54, 1.807) is 35.5 Å². The zero-order valence-corrected chi connectivity index (χ0v) is 34.1. The van der Waals surface area contributed by atoms with Gasteiger partial charge in [0.2, 0.25) is 0 Å². The minimum atomic E-state index is -0.0283. The SMILES string of the molecule is COc1ccc(C(c2ccc(OC)cc2)C(c2ccc(OC)cc2)c2ccc(OCc3ccc4c(OC)c(Cc5ccc6ccccc6c5OC)ccc4c3)cc2)cc1. The van der Waals surface area contributed by atoms with Crippen molar-refractivity contribution < 1.29 is 28.4 Å². The standard InChI is InChI=1S/C53H48O6/c1-54-44-23-15-37(16-24-44)50(38-17-25-45(55-2)26-18-38)51(39-19-27-46(56-3)28-20-39)40-21-29-47(30-22-40)59-34-35-10-31-49-41(32-35)12-14-43(53(49)58-5)33-42-13-11-36-8-6-7-9-48(36)52(42)57-4/h6-32,50-51H,33-34H2,1-5H3. The Kier molecular flexibility index (Phi) is 11.7. The molecule has 0 radical (unpaired) electrons. The Hall–Kier alpha value is -6.92. The second-order valence-electron chi connectivity index (χ2n) is 14.6. The molecule has 296 valence electrons. The summed E-state index contributed by atoms with van der Waals surface area (Å²) in [7, 11) is 8.56. The molecule has 0 aromatic heterocycles. The molecular formula is C53H48O6. The van der Waals surface area contributed by atoms with Gasteiger partial charge in [-0.25, -0.2) is 0 Å². The van der Waals surface area contributed by atoms with Crippen molar-refractivity contribution in [2.45, 2.75) is 24.9 Å². The van der Waals surface area contributed by atoms with E-state index in [-0.39, 0.29) is 11.8 Å². The smallest absolute Gasteiger partial charge is 0.130 e. The van der Waals surface area contributed by atoms with Gasteiger partial charge in [0.25, 0.3) is 0 Å². The van der Waals surface area contributed by atoms with Crippen molar-refractivity contribution in [3.8, 4) is 34.5 Å². The van der Waals surface area contributed by atoms with Crippen LogP contribution in [0.25, 0.3) is 21.5 Å². The van der Waals surface area contributed by atoms with Gasteiger partial charge in [-0.2, -0.15) is 0 Å². The summed E-state index contributed by atoms with van der Waals surface area (Å²) in [6.45, 7) is 0.426. The Morgan fingerprint density at radius 2 is 0.797 bits per heavy atom. The predicted octanol–water partition coefficient (Wildman–Crippen LogP) is 12.2. The molecule has 0 saturated heterocycles. The van der Waals surface area contributed by atoms with E-state index in [4.69, 9.17) is 28.4 Å². The van der Waals surface area contributed by atoms with Crippen LogP contribution in [0.3, 0.4) is 0 Å². The fraction of sp³-hybridized carbons (Fsp3) is 0.170. The molecule has 8 aromatic rings. The van der Waals surface area contributed by atoms with E-state index in [1.165, 1.54) is 16.7 Å². The van der Waals surface area contributed by atoms with Crippen LogP contribution in [0, 0.1) is 0 Å². The van der Waals surface area contributed by atoms with Crippen LogP contribution in [0.4, 0.5) is 0 Å². The van der Waals surface area contributed by atoms with Crippen LogP contribution in [-0.2, 0) is 13.0 Å². The predicted molar refractivity (Wildman–Crippen MR) is 237 cm³/mol. The zero-order valence-electron chi connectivity index (χ0n) is 34.1. The van der Waals surface area contributed by atoms with Gasteiger partial charge in [0.15, 0.2) is 0 Å². The van der Waals surface area contributed by atoms with Gasteiger partial charge in [-0.3, -0.25) is 0 Å². The Bertz CT molecular complexity index is 2600. The van der Waals surface area contributed by atoms with E-state index in [1.807, 2.05) is 48.5 Å². The summed E-state index contributed by atoms with van der Waals surface area (Å²) in [6.07, 6.45) is 0.689. The van der Waals surface area contributed by atoms with Gasteiger partial charge < -0.3 is 28.4 Å². The van der Waals surface area contributed by atoms with E-state index in [0.29, 0.717) is 13.0 Å². The third-order valence-corrected chi connectivity index (χ3v) is 11.3. The molecule has 1 atom stereocenters. The van der Waals surface area contributed by atoms with Crippen molar-refractivity contribution in [1.82, 2.24) is 0 Å². The highest BCUT2D eigenvalue weighted by Crippen LogP contribution is 2.45. The molecule has 6 heteroatoms. The van der Waals surface area contributed by atoms with E-state index in [9.17, 15) is 0 Å². The van der Waals surface area contributed by atoms with E-state index >= 15 is 0 Å². The highest BCUT2D eigenvalue weighted by Gasteiger charge is 2.29. The van der Waals surface area contributed by atoms with Crippen LogP contribution < -0.4 is 28.4 Å². The summed E-state index contributed by atoms with van der Waals surface area (Å²) in [5.41, 5.74) is 7.97. The van der Waals surface area contributed by atoms with Crippen LogP contribution in [0.5, 0.6) is 34.5 Å². The van der Waals surface area contributed by atoms with E-state index in [2.05, 4.69) is 115 Å². The van der Waals surface area contributed by atoms with Crippen LogP contribution in [0.2, 0.25) is 0 Å². The van der Waals surface area contributed by atoms with Crippen molar-refractivity contribution >= 4 is 21.5 Å². The topological polar surface area (TPSA) is 55.4 Å². The van der Waals surface area contributed by atoms with E-state index in [0.717, 1.165) is 78.3 Å². The second kappa shape index (κ2) is 17.7. The van der Waals surface area contributed by atoms with Gasteiger partial charge >= 0.3 is 0 Å². The molecule has 8 rings (SSSR count). The second-order valence-corrected chi connectivity index (χ2v) is 14.6. The lowest BCUT2D eigenvalue weighted by Gasteiger charge is -2.30. The first-order valence-electron chi connectivity index (χ1n) is 19.8. The molecule has 0 saturated carbocycles. The molecule has 0 fully saturated rings. The fourth-order valence-corrected chi connectivity index (χ4v) is 8.27. The number of hydrogen-bond acceptors (Lipinski definition) is 6. The molecule has 1 unspecified atom stereocenters. The maximum absolute atomic E-state index is 6.42. The first kappa shape index (κ1) is 38.9. The van der Waals surface area contributed by atoms with Gasteiger partial charge in [-0.15, -0.1) is 0 Å². The molecule has 0 heterocycles. The van der Waals surface area contributed by atoms with Crippen LogP contribution in [0.1, 0.15) is 50.8 Å². The summed E-state index contributed by atoms with van der Waals surface area (Å²) < 4.78 is 35.0. The van der Waals surface area contributed by atoms with E-state index < -0.39 is 0 Å². The lowest BCUT2D eigenvalue weighted by Crippen LogP contribution is -2.15. The molecular weight excluding hydrogens is 733 g/mol. The zero-order chi connectivity index (χ0) is 40.7.